The number of likely N-dealkylation sites (tertiary alicyclic amines) is 1. The summed E-state index contributed by atoms with van der Waals surface area (Å²) in [6, 6.07) is 0. The lowest BCUT2D eigenvalue weighted by molar-refractivity contribution is -0.0123. The van der Waals surface area contributed by atoms with E-state index < -0.39 is 0 Å². The summed E-state index contributed by atoms with van der Waals surface area (Å²) in [5, 5.41) is 0. The Morgan fingerprint density at radius 1 is 1.00 bits per heavy atom. The summed E-state index contributed by atoms with van der Waals surface area (Å²) < 4.78 is 0. The number of nitrogens with two attached hydrogens (primary N) is 1. The van der Waals surface area contributed by atoms with Gasteiger partial charge in [-0.2, -0.15) is 0 Å². The predicted octanol–water partition coefficient (Wildman–Crippen LogP) is 2.34. The van der Waals surface area contributed by atoms with Crippen molar-refractivity contribution in [2.45, 2.75) is 38.5 Å². The molecule has 0 aromatic heterocycles. The Labute approximate surface area is 123 Å². The topological polar surface area (TPSA) is 29.3 Å². The molecule has 1 saturated heterocycles. The van der Waals surface area contributed by atoms with Crippen molar-refractivity contribution in [1.29, 1.82) is 0 Å². The largest absolute Gasteiger partial charge is 0.330 e. The summed E-state index contributed by atoms with van der Waals surface area (Å²) in [5.41, 5.74) is 5.76. The minimum absolute atomic E-state index is 0.720. The van der Waals surface area contributed by atoms with Crippen molar-refractivity contribution in [2.24, 2.45) is 41.2 Å². The van der Waals surface area contributed by atoms with Crippen LogP contribution in [0.15, 0.2) is 0 Å². The van der Waals surface area contributed by atoms with Gasteiger partial charge in [-0.05, 0) is 81.2 Å². The summed E-state index contributed by atoms with van der Waals surface area (Å²) in [6.07, 6.45) is 8.78. The first-order chi connectivity index (χ1) is 9.81. The van der Waals surface area contributed by atoms with Gasteiger partial charge in [0.2, 0.25) is 0 Å². The molecule has 2 nitrogen and oxygen atoms in total. The van der Waals surface area contributed by atoms with Crippen molar-refractivity contribution in [1.82, 2.24) is 4.90 Å². The van der Waals surface area contributed by atoms with Gasteiger partial charge in [-0.1, -0.05) is 11.8 Å². The van der Waals surface area contributed by atoms with Gasteiger partial charge in [0.1, 0.15) is 0 Å². The molecule has 2 heteroatoms. The Bertz CT molecular complexity index is 391. The molecule has 5 rings (SSSR count). The Hall–Kier alpha value is -0.520. The molecule has 20 heavy (non-hydrogen) atoms. The summed E-state index contributed by atoms with van der Waals surface area (Å²) >= 11 is 0. The molecule has 1 heterocycles. The molecule has 5 aliphatic rings. The molecule has 1 atom stereocenters. The van der Waals surface area contributed by atoms with E-state index in [2.05, 4.69) is 16.7 Å². The molecular weight excluding hydrogens is 244 g/mol. The van der Waals surface area contributed by atoms with Crippen LogP contribution in [0, 0.1) is 47.3 Å². The van der Waals surface area contributed by atoms with E-state index in [0.29, 0.717) is 0 Å². The number of rotatable bonds is 2. The van der Waals surface area contributed by atoms with Crippen LogP contribution in [0.4, 0.5) is 0 Å². The number of hydrogen-bond acceptors (Lipinski definition) is 2. The van der Waals surface area contributed by atoms with Gasteiger partial charge in [0, 0.05) is 12.5 Å². The van der Waals surface area contributed by atoms with E-state index in [9.17, 15) is 0 Å². The lowest BCUT2D eigenvalue weighted by Crippen LogP contribution is -2.44. The second-order valence-electron chi connectivity index (χ2n) is 7.90. The summed E-state index contributed by atoms with van der Waals surface area (Å²) in [5.74, 6) is 12.7. The van der Waals surface area contributed by atoms with Gasteiger partial charge in [0.05, 0.1) is 6.54 Å². The number of hydrogen-bond donors (Lipinski definition) is 1. The minimum Gasteiger partial charge on any atom is -0.330 e. The Morgan fingerprint density at radius 3 is 2.30 bits per heavy atom. The fourth-order valence-corrected chi connectivity index (χ4v) is 5.69. The maximum atomic E-state index is 5.76. The zero-order valence-electron chi connectivity index (χ0n) is 12.6. The van der Waals surface area contributed by atoms with Crippen molar-refractivity contribution < 1.29 is 0 Å². The van der Waals surface area contributed by atoms with Crippen LogP contribution in [0.5, 0.6) is 0 Å². The third kappa shape index (κ3) is 2.40. The molecule has 0 aromatic carbocycles. The molecule has 4 bridgehead atoms. The van der Waals surface area contributed by atoms with Crippen LogP contribution in [0.3, 0.4) is 0 Å². The van der Waals surface area contributed by atoms with Crippen LogP contribution in [0.2, 0.25) is 0 Å². The van der Waals surface area contributed by atoms with Gasteiger partial charge < -0.3 is 5.73 Å². The second kappa shape index (κ2) is 5.35. The fourth-order valence-electron chi connectivity index (χ4n) is 5.69. The summed E-state index contributed by atoms with van der Waals surface area (Å²) in [7, 11) is 0. The quantitative estimate of drug-likeness (QED) is 0.782. The molecule has 1 aliphatic heterocycles. The van der Waals surface area contributed by atoms with Crippen LogP contribution < -0.4 is 5.73 Å². The fraction of sp³-hybridized carbons (Fsp3) is 0.889. The van der Waals surface area contributed by atoms with Crippen molar-refractivity contribution in [3.8, 4) is 11.8 Å². The smallest absolute Gasteiger partial charge is 0.0601 e. The first kappa shape index (κ1) is 13.2. The van der Waals surface area contributed by atoms with Gasteiger partial charge >= 0.3 is 0 Å². The minimum atomic E-state index is 0.720. The average Bonchev–Trinajstić information content (AvgIpc) is 2.89. The Kier molecular flexibility index (Phi) is 3.52. The third-order valence-corrected chi connectivity index (χ3v) is 6.50. The first-order valence-corrected chi connectivity index (χ1v) is 8.72. The van der Waals surface area contributed by atoms with Gasteiger partial charge in [-0.25, -0.2) is 0 Å². The second-order valence-corrected chi connectivity index (χ2v) is 7.90. The van der Waals surface area contributed by atoms with E-state index in [1.54, 1.807) is 6.42 Å². The molecule has 0 aromatic rings. The van der Waals surface area contributed by atoms with Crippen LogP contribution >= 0.6 is 0 Å². The van der Waals surface area contributed by atoms with E-state index >= 15 is 0 Å². The summed E-state index contributed by atoms with van der Waals surface area (Å²) in [4.78, 5) is 2.50. The van der Waals surface area contributed by atoms with Crippen molar-refractivity contribution in [3.05, 3.63) is 0 Å². The van der Waals surface area contributed by atoms with Gasteiger partial charge in [0.15, 0.2) is 0 Å². The monoisotopic (exact) mass is 272 g/mol. The average molecular weight is 272 g/mol. The molecule has 4 aliphatic carbocycles. The molecular formula is C18H28N2. The predicted molar refractivity (Wildman–Crippen MR) is 81.9 cm³/mol. The SMILES string of the molecule is NCC1CCN(CC#CC2C3CC4CC(C3)CC2C4)C1. The molecule has 2 N–H and O–H groups in total. The molecule has 0 spiro atoms. The lowest BCUT2D eigenvalue weighted by Gasteiger charge is -2.53. The van der Waals surface area contributed by atoms with E-state index in [1.807, 2.05) is 0 Å². The van der Waals surface area contributed by atoms with E-state index in [-0.39, 0.29) is 0 Å². The molecule has 0 radical (unpaired) electrons. The maximum absolute atomic E-state index is 5.76. The maximum Gasteiger partial charge on any atom is 0.0601 e. The third-order valence-electron chi connectivity index (χ3n) is 6.50. The first-order valence-electron chi connectivity index (χ1n) is 8.72. The zero-order valence-corrected chi connectivity index (χ0v) is 12.6. The van der Waals surface area contributed by atoms with E-state index in [0.717, 1.165) is 48.6 Å². The molecule has 0 amide bonds. The molecule has 110 valence electrons. The van der Waals surface area contributed by atoms with Crippen LogP contribution in [-0.2, 0) is 0 Å². The highest BCUT2D eigenvalue weighted by Gasteiger charge is 2.47. The Balaban J connectivity index is 1.35. The van der Waals surface area contributed by atoms with Crippen molar-refractivity contribution >= 4 is 0 Å². The van der Waals surface area contributed by atoms with Crippen LogP contribution in [0.1, 0.15) is 38.5 Å². The lowest BCUT2D eigenvalue weighted by atomic mass is 9.52. The standard InChI is InChI=1S/C18H28N2/c19-11-13-3-5-20(12-13)4-1-2-18-16-7-14-6-15(9-16)10-17(18)8-14/h13-18H,3-12,19H2. The normalized spacial score (nSPS) is 46.5. The molecule has 5 fully saturated rings. The number of nitrogens with zero attached hydrogens (tertiary/aromatic N) is 1. The van der Waals surface area contributed by atoms with Crippen LogP contribution in [0.25, 0.3) is 0 Å². The van der Waals surface area contributed by atoms with Gasteiger partial charge in [0.25, 0.3) is 0 Å². The highest BCUT2D eigenvalue weighted by Crippen LogP contribution is 2.56. The van der Waals surface area contributed by atoms with Crippen LogP contribution in [-0.4, -0.2) is 31.1 Å². The van der Waals surface area contributed by atoms with Gasteiger partial charge in [-0.15, -0.1) is 0 Å². The summed E-state index contributed by atoms with van der Waals surface area (Å²) in [6.45, 7) is 4.21. The van der Waals surface area contributed by atoms with Gasteiger partial charge in [-0.3, -0.25) is 4.90 Å². The van der Waals surface area contributed by atoms with Crippen molar-refractivity contribution in [3.63, 3.8) is 0 Å². The van der Waals surface area contributed by atoms with Crippen molar-refractivity contribution in [2.75, 3.05) is 26.2 Å². The highest BCUT2D eigenvalue weighted by atomic mass is 15.1. The molecule has 1 unspecified atom stereocenters. The Morgan fingerprint density at radius 2 is 1.70 bits per heavy atom. The molecule has 4 saturated carbocycles. The van der Waals surface area contributed by atoms with E-state index in [1.165, 1.54) is 45.2 Å². The van der Waals surface area contributed by atoms with E-state index in [4.69, 9.17) is 5.73 Å². The zero-order chi connectivity index (χ0) is 13.5. The highest BCUT2D eigenvalue weighted by molar-refractivity contribution is 5.14.